The third-order valence-electron chi connectivity index (χ3n) is 1.94. The Morgan fingerprint density at radius 1 is 1.53 bits per heavy atom. The van der Waals surface area contributed by atoms with Crippen molar-refractivity contribution < 1.29 is 27.4 Å². The quantitative estimate of drug-likeness (QED) is 0.607. The summed E-state index contributed by atoms with van der Waals surface area (Å²) >= 11 is 0. The van der Waals surface area contributed by atoms with Gasteiger partial charge in [0, 0.05) is 6.20 Å². The molecule has 17 heavy (non-hydrogen) atoms. The number of carbonyl (C=O) groups is 1. The lowest BCUT2D eigenvalue weighted by molar-refractivity contribution is 0.0520. The molecule has 0 aromatic carbocycles. The Bertz CT molecular complexity index is 424. The summed E-state index contributed by atoms with van der Waals surface area (Å²) in [5, 5.41) is 0. The number of alkyl halides is 2. The van der Waals surface area contributed by atoms with Gasteiger partial charge in [-0.15, -0.1) is 0 Å². The van der Waals surface area contributed by atoms with Crippen molar-refractivity contribution in [2.75, 3.05) is 13.7 Å². The Morgan fingerprint density at radius 3 is 2.65 bits per heavy atom. The number of aromatic nitrogens is 1. The molecule has 0 saturated heterocycles. The SMILES string of the molecule is CCOC(=O)c1cnc(F)c(C(F)F)c1OC. The van der Waals surface area contributed by atoms with E-state index >= 15 is 0 Å². The molecule has 0 atom stereocenters. The number of pyridine rings is 1. The van der Waals surface area contributed by atoms with E-state index in [9.17, 15) is 18.0 Å². The highest BCUT2D eigenvalue weighted by atomic mass is 19.3. The zero-order chi connectivity index (χ0) is 13.0. The van der Waals surface area contributed by atoms with Crippen molar-refractivity contribution in [3.8, 4) is 5.75 Å². The average molecular weight is 249 g/mol. The zero-order valence-corrected chi connectivity index (χ0v) is 9.17. The van der Waals surface area contributed by atoms with E-state index in [0.29, 0.717) is 0 Å². The summed E-state index contributed by atoms with van der Waals surface area (Å²) in [7, 11) is 1.06. The fraction of sp³-hybridized carbons (Fsp3) is 0.400. The van der Waals surface area contributed by atoms with Crippen LogP contribution in [-0.2, 0) is 4.74 Å². The van der Waals surface area contributed by atoms with Gasteiger partial charge in [0.25, 0.3) is 6.43 Å². The van der Waals surface area contributed by atoms with Crippen molar-refractivity contribution in [3.05, 3.63) is 23.3 Å². The van der Waals surface area contributed by atoms with Crippen LogP contribution in [0, 0.1) is 5.95 Å². The molecule has 1 aromatic heterocycles. The molecule has 1 rings (SSSR count). The van der Waals surface area contributed by atoms with Crippen molar-refractivity contribution in [2.45, 2.75) is 13.3 Å². The predicted octanol–water partition coefficient (Wildman–Crippen LogP) is 2.34. The van der Waals surface area contributed by atoms with E-state index < -0.39 is 29.7 Å². The first-order chi connectivity index (χ1) is 8.02. The van der Waals surface area contributed by atoms with E-state index in [2.05, 4.69) is 14.5 Å². The lowest BCUT2D eigenvalue weighted by atomic mass is 10.1. The number of halogens is 3. The number of ether oxygens (including phenoxy) is 2. The highest BCUT2D eigenvalue weighted by Crippen LogP contribution is 2.33. The third kappa shape index (κ3) is 2.66. The van der Waals surface area contributed by atoms with Crippen molar-refractivity contribution in [1.82, 2.24) is 4.98 Å². The van der Waals surface area contributed by atoms with Crippen LogP contribution < -0.4 is 4.74 Å². The first-order valence-corrected chi connectivity index (χ1v) is 4.70. The minimum Gasteiger partial charge on any atom is -0.495 e. The maximum atomic E-state index is 13.1. The first-order valence-electron chi connectivity index (χ1n) is 4.70. The number of hydrogen-bond acceptors (Lipinski definition) is 4. The molecule has 0 amide bonds. The van der Waals surface area contributed by atoms with E-state index in [0.717, 1.165) is 13.3 Å². The van der Waals surface area contributed by atoms with Gasteiger partial charge in [0.05, 0.1) is 13.7 Å². The summed E-state index contributed by atoms with van der Waals surface area (Å²) in [5.74, 6) is -2.81. The zero-order valence-electron chi connectivity index (χ0n) is 9.17. The molecule has 1 heterocycles. The van der Waals surface area contributed by atoms with Crippen LogP contribution in [0.25, 0.3) is 0 Å². The summed E-state index contributed by atoms with van der Waals surface area (Å²) < 4.78 is 47.5. The first kappa shape index (κ1) is 13.3. The van der Waals surface area contributed by atoms with Gasteiger partial charge in [-0.2, -0.15) is 4.39 Å². The molecule has 0 fully saturated rings. The lowest BCUT2D eigenvalue weighted by Crippen LogP contribution is -2.11. The van der Waals surface area contributed by atoms with Gasteiger partial charge < -0.3 is 9.47 Å². The van der Waals surface area contributed by atoms with Crippen LogP contribution in [0.4, 0.5) is 13.2 Å². The summed E-state index contributed by atoms with van der Waals surface area (Å²) in [4.78, 5) is 14.5. The van der Waals surface area contributed by atoms with Gasteiger partial charge in [0.1, 0.15) is 16.9 Å². The van der Waals surface area contributed by atoms with Gasteiger partial charge in [-0.05, 0) is 6.92 Å². The topological polar surface area (TPSA) is 48.4 Å². The lowest BCUT2D eigenvalue weighted by Gasteiger charge is -2.12. The predicted molar refractivity (Wildman–Crippen MR) is 51.7 cm³/mol. The summed E-state index contributed by atoms with van der Waals surface area (Å²) in [5.41, 5.74) is -1.37. The molecule has 0 N–H and O–H groups in total. The fourth-order valence-electron chi connectivity index (χ4n) is 1.25. The van der Waals surface area contributed by atoms with Crippen LogP contribution in [0.2, 0.25) is 0 Å². The second kappa shape index (κ2) is 5.51. The summed E-state index contributed by atoms with van der Waals surface area (Å²) in [6.45, 7) is 1.61. The molecule has 94 valence electrons. The van der Waals surface area contributed by atoms with E-state index in [4.69, 9.17) is 0 Å². The molecule has 7 heteroatoms. The molecular formula is C10H10F3NO3. The number of rotatable bonds is 4. The van der Waals surface area contributed by atoms with Crippen molar-refractivity contribution in [1.29, 1.82) is 0 Å². The number of hydrogen-bond donors (Lipinski definition) is 0. The molecular weight excluding hydrogens is 239 g/mol. The minimum absolute atomic E-state index is 0.0589. The van der Waals surface area contributed by atoms with Gasteiger partial charge in [0.2, 0.25) is 5.95 Å². The number of carbonyl (C=O) groups excluding carboxylic acids is 1. The van der Waals surface area contributed by atoms with E-state index in [-0.39, 0.29) is 12.2 Å². The Balaban J connectivity index is 3.32. The second-order valence-corrected chi connectivity index (χ2v) is 2.93. The highest BCUT2D eigenvalue weighted by Gasteiger charge is 2.26. The van der Waals surface area contributed by atoms with Crippen LogP contribution >= 0.6 is 0 Å². The largest absolute Gasteiger partial charge is 0.495 e. The van der Waals surface area contributed by atoms with Crippen LogP contribution in [0.15, 0.2) is 6.20 Å². The molecule has 4 nitrogen and oxygen atoms in total. The van der Waals surface area contributed by atoms with E-state index in [1.54, 1.807) is 6.92 Å². The van der Waals surface area contributed by atoms with Gasteiger partial charge in [-0.25, -0.2) is 18.6 Å². The molecule has 0 spiro atoms. The van der Waals surface area contributed by atoms with Crippen LogP contribution in [0.5, 0.6) is 5.75 Å². The number of methoxy groups -OCH3 is 1. The molecule has 0 aliphatic heterocycles. The maximum Gasteiger partial charge on any atom is 0.343 e. The van der Waals surface area contributed by atoms with Crippen LogP contribution in [0.1, 0.15) is 29.3 Å². The Kier molecular flexibility index (Phi) is 4.30. The van der Waals surface area contributed by atoms with E-state index in [1.165, 1.54) is 0 Å². The molecule has 0 radical (unpaired) electrons. The van der Waals surface area contributed by atoms with Crippen molar-refractivity contribution in [2.24, 2.45) is 0 Å². The second-order valence-electron chi connectivity index (χ2n) is 2.93. The third-order valence-corrected chi connectivity index (χ3v) is 1.94. The van der Waals surface area contributed by atoms with Crippen molar-refractivity contribution in [3.63, 3.8) is 0 Å². The van der Waals surface area contributed by atoms with E-state index in [1.807, 2.05) is 0 Å². The minimum atomic E-state index is -3.13. The maximum absolute atomic E-state index is 13.1. The number of nitrogens with zero attached hydrogens (tertiary/aromatic N) is 1. The normalized spacial score (nSPS) is 10.5. The standard InChI is InChI=1S/C10H10F3NO3/c1-3-17-10(15)5-4-14-9(13)6(8(11)12)7(5)16-2/h4,8H,3H2,1-2H3. The Morgan fingerprint density at radius 2 is 2.18 bits per heavy atom. The van der Waals surface area contributed by atoms with Gasteiger partial charge in [-0.1, -0.05) is 0 Å². The highest BCUT2D eigenvalue weighted by molar-refractivity contribution is 5.92. The van der Waals surface area contributed by atoms with Crippen LogP contribution in [-0.4, -0.2) is 24.7 Å². The molecule has 0 saturated carbocycles. The average Bonchev–Trinajstić information content (AvgIpc) is 2.27. The van der Waals surface area contributed by atoms with Gasteiger partial charge >= 0.3 is 5.97 Å². The molecule has 1 aromatic rings. The van der Waals surface area contributed by atoms with Gasteiger partial charge in [0.15, 0.2) is 0 Å². The molecule has 0 bridgehead atoms. The molecule has 0 unspecified atom stereocenters. The Labute approximate surface area is 95.4 Å². The van der Waals surface area contributed by atoms with Gasteiger partial charge in [-0.3, -0.25) is 0 Å². The monoisotopic (exact) mass is 249 g/mol. The fourth-order valence-corrected chi connectivity index (χ4v) is 1.25. The van der Waals surface area contributed by atoms with Crippen LogP contribution in [0.3, 0.4) is 0 Å². The summed E-state index contributed by atoms with van der Waals surface area (Å²) in [6.07, 6.45) is -2.33. The molecule has 0 aliphatic carbocycles. The Hall–Kier alpha value is -1.79. The number of esters is 1. The smallest absolute Gasteiger partial charge is 0.343 e. The van der Waals surface area contributed by atoms with Crippen molar-refractivity contribution >= 4 is 5.97 Å². The summed E-state index contributed by atoms with van der Waals surface area (Å²) in [6, 6.07) is 0. The molecule has 0 aliphatic rings.